The smallest absolute Gasteiger partial charge is 0.0621 e. The molecule has 2 atom stereocenters. The van der Waals surface area contributed by atoms with Crippen molar-refractivity contribution in [1.29, 1.82) is 5.26 Å². The number of nitrogens with zero attached hydrogens (tertiary/aromatic N) is 1. The third-order valence-electron chi connectivity index (χ3n) is 9.98. The number of nitriles is 1. The van der Waals surface area contributed by atoms with Crippen molar-refractivity contribution in [2.24, 2.45) is 35.5 Å². The SMILES string of the molecule is CCCCCCCC1CCC(C2CCC(C3CCCC(CCCCCC#N)C3)CC2)CC1. The third-order valence-corrected chi connectivity index (χ3v) is 9.98. The van der Waals surface area contributed by atoms with Gasteiger partial charge in [0.25, 0.3) is 0 Å². The molecule has 0 heterocycles. The Hall–Kier alpha value is -0.510. The molecule has 0 aromatic rings. The van der Waals surface area contributed by atoms with Crippen LogP contribution in [-0.4, -0.2) is 0 Å². The fourth-order valence-electron chi connectivity index (χ4n) is 7.91. The van der Waals surface area contributed by atoms with Crippen molar-refractivity contribution in [3.05, 3.63) is 0 Å². The van der Waals surface area contributed by atoms with Crippen LogP contribution in [0, 0.1) is 46.8 Å². The maximum Gasteiger partial charge on any atom is 0.0621 e. The summed E-state index contributed by atoms with van der Waals surface area (Å²) in [6, 6.07) is 2.30. The molecule has 184 valence electrons. The van der Waals surface area contributed by atoms with Gasteiger partial charge >= 0.3 is 0 Å². The largest absolute Gasteiger partial charge is 0.198 e. The van der Waals surface area contributed by atoms with Gasteiger partial charge in [-0.05, 0) is 86.9 Å². The molecule has 0 bridgehead atoms. The Morgan fingerprint density at radius 3 is 1.78 bits per heavy atom. The molecule has 0 N–H and O–H groups in total. The van der Waals surface area contributed by atoms with Crippen LogP contribution in [0.25, 0.3) is 0 Å². The molecule has 0 aliphatic heterocycles. The summed E-state index contributed by atoms with van der Waals surface area (Å²) in [5, 5.41) is 8.71. The van der Waals surface area contributed by atoms with E-state index in [4.69, 9.17) is 5.26 Å². The topological polar surface area (TPSA) is 23.8 Å². The van der Waals surface area contributed by atoms with Gasteiger partial charge in [0.05, 0.1) is 6.07 Å². The molecule has 1 nitrogen and oxygen atoms in total. The van der Waals surface area contributed by atoms with E-state index < -0.39 is 0 Å². The second-order valence-electron chi connectivity index (χ2n) is 12.2. The fraction of sp³-hybridized carbons (Fsp3) is 0.968. The van der Waals surface area contributed by atoms with Crippen molar-refractivity contribution in [2.45, 2.75) is 155 Å². The van der Waals surface area contributed by atoms with E-state index in [1.807, 2.05) is 0 Å². The van der Waals surface area contributed by atoms with Gasteiger partial charge in [-0.15, -0.1) is 0 Å². The van der Waals surface area contributed by atoms with Crippen molar-refractivity contribution >= 4 is 0 Å². The number of hydrogen-bond acceptors (Lipinski definition) is 1. The zero-order chi connectivity index (χ0) is 22.4. The Kier molecular flexibility index (Phi) is 12.6. The predicted molar refractivity (Wildman–Crippen MR) is 138 cm³/mol. The fourth-order valence-corrected chi connectivity index (χ4v) is 7.91. The Labute approximate surface area is 201 Å². The molecule has 3 aliphatic carbocycles. The predicted octanol–water partition coefficient (Wildman–Crippen LogP) is 10.2. The lowest BCUT2D eigenvalue weighted by atomic mass is 9.64. The summed E-state index contributed by atoms with van der Waals surface area (Å²) in [7, 11) is 0. The quantitative estimate of drug-likeness (QED) is 0.261. The summed E-state index contributed by atoms with van der Waals surface area (Å²) in [6.07, 6.45) is 33.3. The maximum atomic E-state index is 8.71. The summed E-state index contributed by atoms with van der Waals surface area (Å²) in [6.45, 7) is 2.32. The molecule has 3 saturated carbocycles. The summed E-state index contributed by atoms with van der Waals surface area (Å²) in [4.78, 5) is 0. The van der Waals surface area contributed by atoms with Gasteiger partial charge < -0.3 is 0 Å². The first kappa shape index (κ1) is 26.1. The lowest BCUT2D eigenvalue weighted by Crippen LogP contribution is -2.30. The Balaban J connectivity index is 1.28. The molecular weight excluding hydrogens is 386 g/mol. The van der Waals surface area contributed by atoms with Crippen molar-refractivity contribution in [1.82, 2.24) is 0 Å². The van der Waals surface area contributed by atoms with Gasteiger partial charge in [-0.2, -0.15) is 5.26 Å². The normalized spacial score (nSPS) is 33.6. The molecule has 0 aromatic carbocycles. The second kappa shape index (κ2) is 15.4. The Morgan fingerprint density at radius 1 is 0.562 bits per heavy atom. The minimum atomic E-state index is 0.761. The average molecular weight is 442 g/mol. The molecule has 0 saturated heterocycles. The van der Waals surface area contributed by atoms with Gasteiger partial charge in [-0.3, -0.25) is 0 Å². The van der Waals surface area contributed by atoms with E-state index in [0.717, 1.165) is 48.3 Å². The Bertz CT molecular complexity index is 503. The van der Waals surface area contributed by atoms with Crippen LogP contribution in [0.2, 0.25) is 0 Å². The minimum absolute atomic E-state index is 0.761. The molecule has 3 aliphatic rings. The highest BCUT2D eigenvalue weighted by Crippen LogP contribution is 2.47. The van der Waals surface area contributed by atoms with Crippen LogP contribution in [0.3, 0.4) is 0 Å². The molecule has 1 heteroatoms. The first-order chi connectivity index (χ1) is 15.8. The van der Waals surface area contributed by atoms with Crippen molar-refractivity contribution in [3.8, 4) is 6.07 Å². The van der Waals surface area contributed by atoms with E-state index in [9.17, 15) is 0 Å². The lowest BCUT2D eigenvalue weighted by Gasteiger charge is -2.41. The van der Waals surface area contributed by atoms with Crippen LogP contribution in [0.1, 0.15) is 155 Å². The van der Waals surface area contributed by atoms with E-state index >= 15 is 0 Å². The zero-order valence-electron chi connectivity index (χ0n) is 21.7. The van der Waals surface area contributed by atoms with Crippen molar-refractivity contribution < 1.29 is 0 Å². The number of rotatable bonds is 13. The summed E-state index contributed by atoms with van der Waals surface area (Å²) >= 11 is 0. The molecule has 32 heavy (non-hydrogen) atoms. The zero-order valence-corrected chi connectivity index (χ0v) is 21.7. The van der Waals surface area contributed by atoms with Gasteiger partial charge in [0.2, 0.25) is 0 Å². The highest BCUT2D eigenvalue weighted by atomic mass is 14.4. The van der Waals surface area contributed by atoms with Gasteiger partial charge in [0.15, 0.2) is 0 Å². The van der Waals surface area contributed by atoms with Crippen LogP contribution in [0.5, 0.6) is 0 Å². The van der Waals surface area contributed by atoms with Crippen LogP contribution in [0.4, 0.5) is 0 Å². The standard InChI is InChI=1S/C31H55N/c1-2-3-4-5-8-12-26-16-18-28(19-17-26)29-20-22-30(23-21-29)31-15-11-14-27(25-31)13-9-6-7-10-24-32/h26-31H,2-23,25H2,1H3. The van der Waals surface area contributed by atoms with Crippen LogP contribution < -0.4 is 0 Å². The lowest BCUT2D eigenvalue weighted by molar-refractivity contribution is 0.0980. The second-order valence-corrected chi connectivity index (χ2v) is 12.2. The number of hydrogen-bond donors (Lipinski definition) is 0. The summed E-state index contributed by atoms with van der Waals surface area (Å²) in [5.41, 5.74) is 0. The van der Waals surface area contributed by atoms with Crippen LogP contribution >= 0.6 is 0 Å². The molecule has 0 aromatic heterocycles. The van der Waals surface area contributed by atoms with E-state index in [1.54, 1.807) is 51.4 Å². The van der Waals surface area contributed by atoms with Gasteiger partial charge in [-0.25, -0.2) is 0 Å². The molecular formula is C31H55N. The third kappa shape index (κ3) is 9.03. The summed E-state index contributed by atoms with van der Waals surface area (Å²) < 4.78 is 0. The Morgan fingerprint density at radius 2 is 1.12 bits per heavy atom. The summed E-state index contributed by atoms with van der Waals surface area (Å²) in [5.74, 6) is 6.36. The molecule has 3 rings (SSSR count). The minimum Gasteiger partial charge on any atom is -0.198 e. The van der Waals surface area contributed by atoms with Gasteiger partial charge in [0.1, 0.15) is 0 Å². The van der Waals surface area contributed by atoms with E-state index in [0.29, 0.717) is 0 Å². The van der Waals surface area contributed by atoms with Crippen LogP contribution in [-0.2, 0) is 0 Å². The van der Waals surface area contributed by atoms with Gasteiger partial charge in [0, 0.05) is 6.42 Å². The first-order valence-electron chi connectivity index (χ1n) is 15.2. The van der Waals surface area contributed by atoms with Crippen LogP contribution in [0.15, 0.2) is 0 Å². The number of unbranched alkanes of at least 4 members (excludes halogenated alkanes) is 7. The maximum absolute atomic E-state index is 8.71. The van der Waals surface area contributed by atoms with E-state index in [2.05, 4.69) is 13.0 Å². The monoisotopic (exact) mass is 441 g/mol. The van der Waals surface area contributed by atoms with E-state index in [-0.39, 0.29) is 0 Å². The molecule has 0 spiro atoms. The van der Waals surface area contributed by atoms with E-state index in [1.165, 1.54) is 83.5 Å². The average Bonchev–Trinajstić information content (AvgIpc) is 2.84. The van der Waals surface area contributed by atoms with Crippen molar-refractivity contribution in [3.63, 3.8) is 0 Å². The molecule has 3 fully saturated rings. The molecule has 0 amide bonds. The molecule has 0 radical (unpaired) electrons. The van der Waals surface area contributed by atoms with Gasteiger partial charge in [-0.1, -0.05) is 96.8 Å². The van der Waals surface area contributed by atoms with Crippen molar-refractivity contribution in [2.75, 3.05) is 0 Å². The molecule has 2 unspecified atom stereocenters. The first-order valence-corrected chi connectivity index (χ1v) is 15.2. The highest BCUT2D eigenvalue weighted by molar-refractivity contribution is 4.86. The highest BCUT2D eigenvalue weighted by Gasteiger charge is 2.34.